The van der Waals surface area contributed by atoms with Crippen LogP contribution in [0.25, 0.3) is 0 Å². The van der Waals surface area contributed by atoms with Gasteiger partial charge in [0, 0.05) is 10.6 Å². The van der Waals surface area contributed by atoms with Crippen LogP contribution in [0, 0.1) is 17.1 Å². The van der Waals surface area contributed by atoms with Gasteiger partial charge in [-0.3, -0.25) is 4.79 Å². The van der Waals surface area contributed by atoms with Gasteiger partial charge in [-0.2, -0.15) is 5.26 Å². The molecule has 96 valence electrons. The minimum Gasteiger partial charge on any atom is -0.338 e. The molecule has 0 heterocycles. The second-order valence-corrected chi connectivity index (χ2v) is 4.63. The van der Waals surface area contributed by atoms with Gasteiger partial charge in [-0.05, 0) is 25.5 Å². The number of benzene rings is 1. The van der Waals surface area contributed by atoms with E-state index in [1.54, 1.807) is 13.8 Å². The van der Waals surface area contributed by atoms with E-state index in [1.807, 2.05) is 6.07 Å². The minimum atomic E-state index is -0.936. The van der Waals surface area contributed by atoms with E-state index >= 15 is 0 Å². The highest BCUT2D eigenvalue weighted by atomic mass is 35.5. The molecule has 0 aliphatic rings. The number of amides is 1. The fraction of sp³-hybridized carbons (Fsp3) is 0.385. The fourth-order valence-corrected chi connectivity index (χ4v) is 1.64. The Morgan fingerprint density at radius 2 is 2.28 bits per heavy atom. The Kier molecular flexibility index (Phi) is 4.69. The highest BCUT2D eigenvalue weighted by molar-refractivity contribution is 6.31. The van der Waals surface area contributed by atoms with Crippen LogP contribution >= 0.6 is 11.6 Å². The third-order valence-electron chi connectivity index (χ3n) is 2.77. The number of hydrogen-bond acceptors (Lipinski definition) is 2. The van der Waals surface area contributed by atoms with Gasteiger partial charge in [0.1, 0.15) is 11.4 Å². The van der Waals surface area contributed by atoms with Crippen LogP contribution in [-0.4, -0.2) is 11.4 Å². The molecule has 1 N–H and O–H groups in total. The molecule has 1 aromatic carbocycles. The molecule has 1 atom stereocenters. The summed E-state index contributed by atoms with van der Waals surface area (Å²) < 4.78 is 13.5. The smallest absolute Gasteiger partial charge is 0.225 e. The maximum Gasteiger partial charge on any atom is 0.225 e. The first-order valence-electron chi connectivity index (χ1n) is 5.57. The number of nitriles is 1. The lowest BCUT2D eigenvalue weighted by atomic mass is 10.0. The van der Waals surface area contributed by atoms with Crippen LogP contribution in [0.3, 0.4) is 0 Å². The van der Waals surface area contributed by atoms with E-state index in [0.29, 0.717) is 6.42 Å². The van der Waals surface area contributed by atoms with Crippen LogP contribution in [-0.2, 0) is 11.2 Å². The van der Waals surface area contributed by atoms with Crippen molar-refractivity contribution < 1.29 is 9.18 Å². The summed E-state index contributed by atoms with van der Waals surface area (Å²) >= 11 is 5.83. The van der Waals surface area contributed by atoms with Gasteiger partial charge in [-0.25, -0.2) is 4.39 Å². The molecule has 0 aromatic heterocycles. The van der Waals surface area contributed by atoms with Gasteiger partial charge < -0.3 is 5.32 Å². The average molecular weight is 269 g/mol. The van der Waals surface area contributed by atoms with E-state index in [2.05, 4.69) is 5.32 Å². The predicted molar refractivity (Wildman–Crippen MR) is 67.6 cm³/mol. The van der Waals surface area contributed by atoms with Gasteiger partial charge >= 0.3 is 0 Å². The molecule has 1 unspecified atom stereocenters. The lowest BCUT2D eigenvalue weighted by Gasteiger charge is -2.21. The standard InChI is InChI=1S/C13H14ClFN2O/c1-3-13(2,8-16)17-12(18)7-9-10(14)5-4-6-11(9)15/h4-6H,3,7H2,1-2H3,(H,17,18). The molecule has 0 spiro atoms. The monoisotopic (exact) mass is 268 g/mol. The predicted octanol–water partition coefficient (Wildman–Crippen LogP) is 2.83. The summed E-state index contributed by atoms with van der Waals surface area (Å²) in [4.78, 5) is 11.8. The molecule has 1 aromatic rings. The van der Waals surface area contributed by atoms with Gasteiger partial charge in [0.05, 0.1) is 12.5 Å². The Morgan fingerprint density at radius 3 is 2.78 bits per heavy atom. The highest BCUT2D eigenvalue weighted by Gasteiger charge is 2.24. The minimum absolute atomic E-state index is 0.146. The lowest BCUT2D eigenvalue weighted by Crippen LogP contribution is -2.45. The number of rotatable bonds is 4. The van der Waals surface area contributed by atoms with Crippen molar-refractivity contribution in [1.29, 1.82) is 5.26 Å². The van der Waals surface area contributed by atoms with E-state index in [9.17, 15) is 9.18 Å². The molecule has 1 amide bonds. The molecule has 0 aliphatic carbocycles. The number of carbonyl (C=O) groups excluding carboxylic acids is 1. The van der Waals surface area contributed by atoms with Crippen molar-refractivity contribution >= 4 is 17.5 Å². The number of hydrogen-bond donors (Lipinski definition) is 1. The Balaban J connectivity index is 2.81. The summed E-state index contributed by atoms with van der Waals surface area (Å²) in [6, 6.07) is 6.26. The Morgan fingerprint density at radius 1 is 1.61 bits per heavy atom. The number of nitrogens with zero attached hydrogens (tertiary/aromatic N) is 1. The largest absolute Gasteiger partial charge is 0.338 e. The van der Waals surface area contributed by atoms with Crippen LogP contribution in [0.1, 0.15) is 25.8 Å². The van der Waals surface area contributed by atoms with E-state index in [-0.39, 0.29) is 17.0 Å². The van der Waals surface area contributed by atoms with E-state index in [0.717, 1.165) is 0 Å². The van der Waals surface area contributed by atoms with Gasteiger partial charge in [0.2, 0.25) is 5.91 Å². The zero-order chi connectivity index (χ0) is 13.8. The van der Waals surface area contributed by atoms with Gasteiger partial charge in [0.15, 0.2) is 0 Å². The summed E-state index contributed by atoms with van der Waals surface area (Å²) in [6.07, 6.45) is 0.295. The first-order valence-corrected chi connectivity index (χ1v) is 5.95. The lowest BCUT2D eigenvalue weighted by molar-refractivity contribution is -0.121. The average Bonchev–Trinajstić information content (AvgIpc) is 2.34. The molecule has 3 nitrogen and oxygen atoms in total. The Bertz CT molecular complexity index is 478. The SMILES string of the molecule is CCC(C)(C#N)NC(=O)Cc1c(F)cccc1Cl. The molecular weight excluding hydrogens is 255 g/mol. The van der Waals surface area contributed by atoms with Crippen molar-refractivity contribution in [1.82, 2.24) is 5.32 Å². The molecule has 18 heavy (non-hydrogen) atoms. The summed E-state index contributed by atoms with van der Waals surface area (Å²) in [7, 11) is 0. The fourth-order valence-electron chi connectivity index (χ4n) is 1.41. The van der Waals surface area contributed by atoms with Crippen molar-refractivity contribution in [3.8, 4) is 6.07 Å². The van der Waals surface area contributed by atoms with Crippen LogP contribution in [0.15, 0.2) is 18.2 Å². The van der Waals surface area contributed by atoms with E-state index in [4.69, 9.17) is 16.9 Å². The third kappa shape index (κ3) is 3.44. The van der Waals surface area contributed by atoms with Crippen LogP contribution in [0.2, 0.25) is 5.02 Å². The van der Waals surface area contributed by atoms with E-state index < -0.39 is 17.3 Å². The first-order chi connectivity index (χ1) is 8.41. The van der Waals surface area contributed by atoms with Crippen LogP contribution in [0.4, 0.5) is 4.39 Å². The van der Waals surface area contributed by atoms with Gasteiger partial charge in [0.25, 0.3) is 0 Å². The van der Waals surface area contributed by atoms with Crippen LogP contribution in [0.5, 0.6) is 0 Å². The van der Waals surface area contributed by atoms with E-state index in [1.165, 1.54) is 18.2 Å². The molecule has 1 rings (SSSR count). The van der Waals surface area contributed by atoms with Crippen molar-refractivity contribution in [3.63, 3.8) is 0 Å². The molecule has 0 radical (unpaired) electrons. The molecule has 0 bridgehead atoms. The second-order valence-electron chi connectivity index (χ2n) is 4.22. The molecule has 5 heteroatoms. The molecule has 0 aliphatic heterocycles. The topological polar surface area (TPSA) is 52.9 Å². The third-order valence-corrected chi connectivity index (χ3v) is 3.12. The van der Waals surface area contributed by atoms with Crippen molar-refractivity contribution in [2.75, 3.05) is 0 Å². The Hall–Kier alpha value is -1.60. The summed E-state index contributed by atoms with van der Waals surface area (Å²) in [5.41, 5.74) is -0.789. The van der Waals surface area contributed by atoms with Crippen molar-refractivity contribution in [3.05, 3.63) is 34.6 Å². The molecule has 0 fully saturated rings. The van der Waals surface area contributed by atoms with Crippen molar-refractivity contribution in [2.45, 2.75) is 32.2 Å². The van der Waals surface area contributed by atoms with Gasteiger partial charge in [-0.15, -0.1) is 0 Å². The number of halogens is 2. The summed E-state index contributed by atoms with van der Waals surface area (Å²) in [5, 5.41) is 11.7. The number of carbonyl (C=O) groups is 1. The zero-order valence-corrected chi connectivity index (χ0v) is 11.0. The summed E-state index contributed by atoms with van der Waals surface area (Å²) in [5.74, 6) is -0.944. The quantitative estimate of drug-likeness (QED) is 0.913. The molecular formula is C13H14ClFN2O. The number of nitrogens with one attached hydrogen (secondary N) is 1. The maximum absolute atomic E-state index is 13.5. The van der Waals surface area contributed by atoms with Crippen LogP contribution < -0.4 is 5.32 Å². The summed E-state index contributed by atoms with van der Waals surface area (Å²) in [6.45, 7) is 3.41. The normalized spacial score (nSPS) is 13.5. The van der Waals surface area contributed by atoms with Gasteiger partial charge in [-0.1, -0.05) is 24.6 Å². The highest BCUT2D eigenvalue weighted by Crippen LogP contribution is 2.19. The van der Waals surface area contributed by atoms with Crippen molar-refractivity contribution in [2.24, 2.45) is 0 Å². The Labute approximate surface area is 111 Å². The molecule has 0 saturated heterocycles. The molecule has 0 saturated carbocycles. The maximum atomic E-state index is 13.5. The first kappa shape index (κ1) is 14.5. The second kappa shape index (κ2) is 5.83. The zero-order valence-electron chi connectivity index (χ0n) is 10.3.